The van der Waals surface area contributed by atoms with Crippen LogP contribution in [-0.4, -0.2) is 146 Å². The lowest BCUT2D eigenvalue weighted by Gasteiger charge is -2.34. The van der Waals surface area contributed by atoms with Gasteiger partial charge in [0.15, 0.2) is 26.4 Å². The van der Waals surface area contributed by atoms with Crippen molar-refractivity contribution >= 4 is 71.6 Å². The molecule has 494 valence electrons. The molecule has 0 radical (unpaired) electrons. The van der Waals surface area contributed by atoms with E-state index in [1.54, 1.807) is 48.5 Å². The van der Waals surface area contributed by atoms with Crippen LogP contribution in [-0.2, 0) is 114 Å². The van der Waals surface area contributed by atoms with Gasteiger partial charge in [-0.25, -0.2) is 19.2 Å². The minimum Gasteiger partial charge on any atom is -0.462 e. The van der Waals surface area contributed by atoms with Gasteiger partial charge in [0.2, 0.25) is 0 Å². The average Bonchev–Trinajstić information content (AvgIpc) is 1.57. The van der Waals surface area contributed by atoms with E-state index >= 15 is 0 Å². The summed E-state index contributed by atoms with van der Waals surface area (Å²) < 4.78 is 63.4. The third-order valence-corrected chi connectivity index (χ3v) is 22.3. The third-order valence-electron chi connectivity index (χ3n) is 22.3. The second-order valence-electron chi connectivity index (χ2n) is 29.2. The summed E-state index contributed by atoms with van der Waals surface area (Å²) in [5.41, 5.74) is -2.78. The lowest BCUT2D eigenvalue weighted by molar-refractivity contribution is -0.181. The first kappa shape index (κ1) is 67.0. The lowest BCUT2D eigenvalue weighted by Crippen LogP contribution is -2.46. The van der Waals surface area contributed by atoms with Gasteiger partial charge >= 0.3 is 71.6 Å². The first-order chi connectivity index (χ1) is 41.7. The van der Waals surface area contributed by atoms with E-state index in [1.807, 2.05) is 41.5 Å². The SMILES string of the molecule is CCC(C)(C)C(=O)OCC(=O)OC1C2CC3C(=O)OC1(C)C3C2.CCC(C)(C)C(=O)OCC(=O)OC1C2CC3OC(=O)C1C3C2.CCC(C)(C)C(=O)OCC(=O)OC1C2OC(=O)C3CC1(C)CC32.CCC(C)C(=O)OCC(=O)OC1C2CC3OC(=O)C1C3C2. The Labute approximate surface area is 518 Å². The molecule has 12 fully saturated rings. The molecule has 0 N–H and O–H groups in total. The van der Waals surface area contributed by atoms with Crippen LogP contribution in [0.3, 0.4) is 0 Å². The van der Waals surface area contributed by atoms with Crippen molar-refractivity contribution in [2.45, 2.75) is 215 Å². The summed E-state index contributed by atoms with van der Waals surface area (Å²) in [7, 11) is 0. The number of ether oxygens (including phenoxy) is 12. The van der Waals surface area contributed by atoms with Crippen LogP contribution in [0.2, 0.25) is 0 Å². The van der Waals surface area contributed by atoms with E-state index in [0.29, 0.717) is 32.1 Å². The van der Waals surface area contributed by atoms with Gasteiger partial charge < -0.3 is 56.8 Å². The van der Waals surface area contributed by atoms with E-state index in [4.69, 9.17) is 56.8 Å². The van der Waals surface area contributed by atoms with E-state index in [-0.39, 0.29) is 125 Å². The predicted molar refractivity (Wildman–Crippen MR) is 303 cm³/mol. The highest BCUT2D eigenvalue weighted by atomic mass is 16.6. The third kappa shape index (κ3) is 13.0. The summed E-state index contributed by atoms with van der Waals surface area (Å²) in [6.45, 7) is 22.2. The first-order valence-electron chi connectivity index (χ1n) is 32.0. The number of carbonyl (C=O) groups is 12. The molecule has 0 amide bonds. The first-order valence-corrected chi connectivity index (χ1v) is 32.0. The highest BCUT2D eigenvalue weighted by Gasteiger charge is 2.71. The Morgan fingerprint density at radius 1 is 0.494 bits per heavy atom. The summed E-state index contributed by atoms with van der Waals surface area (Å²) in [6.07, 6.45) is 6.99. The zero-order chi connectivity index (χ0) is 65.2. The fraction of sp³-hybridized carbons (Fsp3) is 0.815. The molecule has 21 unspecified atom stereocenters. The van der Waals surface area contributed by atoms with Crippen molar-refractivity contribution in [1.29, 1.82) is 0 Å². The summed E-state index contributed by atoms with van der Waals surface area (Å²) in [4.78, 5) is 142. The summed E-state index contributed by atoms with van der Waals surface area (Å²) in [6, 6.07) is 0. The monoisotopic (exact) mass is 1250 g/mol. The molecule has 89 heavy (non-hydrogen) atoms. The Balaban J connectivity index is 0.000000141. The van der Waals surface area contributed by atoms with Crippen molar-refractivity contribution in [3.63, 3.8) is 0 Å². The normalized spacial score (nSPS) is 37.0. The molecule has 8 saturated carbocycles. The highest BCUT2D eigenvalue weighted by Crippen LogP contribution is 2.63. The number of hydrogen-bond acceptors (Lipinski definition) is 24. The molecule has 0 aromatic rings. The Kier molecular flexibility index (Phi) is 19.1. The number of carbonyl (C=O) groups excluding carboxylic acids is 12. The van der Waals surface area contributed by atoms with Gasteiger partial charge in [0, 0.05) is 46.8 Å². The van der Waals surface area contributed by atoms with Gasteiger partial charge in [-0.2, -0.15) is 0 Å². The van der Waals surface area contributed by atoms with Gasteiger partial charge in [-0.1, -0.05) is 41.5 Å². The van der Waals surface area contributed by atoms with Gasteiger partial charge in [-0.3, -0.25) is 38.4 Å². The van der Waals surface area contributed by atoms with Crippen molar-refractivity contribution in [3.8, 4) is 0 Å². The van der Waals surface area contributed by atoms with Crippen molar-refractivity contribution in [1.82, 2.24) is 0 Å². The molecule has 12 aliphatic rings. The minimum absolute atomic E-state index is 0.0145. The maximum atomic E-state index is 12.1. The van der Waals surface area contributed by atoms with Gasteiger partial charge in [-0.15, -0.1) is 0 Å². The summed E-state index contributed by atoms with van der Waals surface area (Å²) in [5, 5.41) is 0. The van der Waals surface area contributed by atoms with Crippen molar-refractivity contribution in [2.24, 2.45) is 92.7 Å². The van der Waals surface area contributed by atoms with Crippen LogP contribution in [0, 0.1) is 92.7 Å². The molecule has 4 saturated heterocycles. The van der Waals surface area contributed by atoms with E-state index in [0.717, 1.165) is 44.9 Å². The number of hydrogen-bond donors (Lipinski definition) is 0. The number of rotatable bonds is 20. The van der Waals surface area contributed by atoms with Crippen LogP contribution < -0.4 is 0 Å². The Morgan fingerprint density at radius 2 is 0.933 bits per heavy atom. The van der Waals surface area contributed by atoms with E-state index in [9.17, 15) is 57.5 Å². The maximum Gasteiger partial charge on any atom is 0.344 e. The van der Waals surface area contributed by atoms with Crippen molar-refractivity contribution in [3.05, 3.63) is 0 Å². The number of fused-ring (bicyclic) bond motifs is 4. The van der Waals surface area contributed by atoms with E-state index in [1.165, 1.54) is 0 Å². The Bertz CT molecular complexity index is 2790. The number of esters is 12. The summed E-state index contributed by atoms with van der Waals surface area (Å²) >= 11 is 0. The highest BCUT2D eigenvalue weighted by molar-refractivity contribution is 5.84. The smallest absolute Gasteiger partial charge is 0.344 e. The second kappa shape index (κ2) is 25.4. The largest absolute Gasteiger partial charge is 0.462 e. The molecule has 4 aliphatic heterocycles. The molecule has 21 atom stereocenters. The Morgan fingerprint density at radius 3 is 1.38 bits per heavy atom. The standard InChI is InChI=1S/2C17H24O6.C16H22O6.C15H20O6/c1-5-16(2,3)15(20)21-8-11(18)22-13-12-9-6-17(13,4)7-10(9)14(19)23-12;1-5-16(2,3)15(20)21-8-12(18)22-13-9-6-10-11(7-9)17(13,4)23-14(10)19;1-4-16(2,3)15(19)20-7-11(17)22-13-8-5-9-10(6-8)21-14(18)12(9)13;1-3-7(2)14(17)19-6-11(16)21-13-8-4-9-10(5-8)20-15(18)12(9)13/h9-10,12-13H,5-8H2,1-4H3;9-11,13H,5-8H2,1-4H3;8-10,12-13H,4-7H2,1-3H3;7-10,12-13H,3-6H2,1-2H3. The van der Waals surface area contributed by atoms with E-state index in [2.05, 4.69) is 0 Å². The fourth-order valence-electron chi connectivity index (χ4n) is 15.7. The molecule has 8 aliphatic carbocycles. The van der Waals surface area contributed by atoms with Gasteiger partial charge in [0.25, 0.3) is 0 Å². The van der Waals surface area contributed by atoms with E-state index < -0.39 is 114 Å². The second-order valence-corrected chi connectivity index (χ2v) is 29.2. The van der Waals surface area contributed by atoms with Crippen molar-refractivity contribution in [2.75, 3.05) is 26.4 Å². The molecule has 0 spiro atoms. The molecule has 4 heterocycles. The van der Waals surface area contributed by atoms with Crippen LogP contribution in [0.4, 0.5) is 0 Å². The molecular formula is C65H90O24. The Hall–Kier alpha value is -6.36. The average molecular weight is 1260 g/mol. The topological polar surface area (TPSA) is 316 Å². The van der Waals surface area contributed by atoms with Crippen LogP contribution >= 0.6 is 0 Å². The zero-order valence-electron chi connectivity index (χ0n) is 53.6. The van der Waals surface area contributed by atoms with Crippen LogP contribution in [0.15, 0.2) is 0 Å². The van der Waals surface area contributed by atoms with Crippen LogP contribution in [0.5, 0.6) is 0 Å². The van der Waals surface area contributed by atoms with Gasteiger partial charge in [0.05, 0.1) is 34.0 Å². The summed E-state index contributed by atoms with van der Waals surface area (Å²) in [5.74, 6) is -4.53. The maximum absolute atomic E-state index is 12.1. The molecule has 24 nitrogen and oxygen atoms in total. The van der Waals surface area contributed by atoms with Crippen LogP contribution in [0.1, 0.15) is 167 Å². The molecule has 0 aromatic carbocycles. The molecule has 24 heteroatoms. The van der Waals surface area contributed by atoms with Crippen molar-refractivity contribution < 1.29 is 114 Å². The molecular weight excluding hydrogens is 1160 g/mol. The predicted octanol–water partition coefficient (Wildman–Crippen LogP) is 6.23. The van der Waals surface area contributed by atoms with Crippen LogP contribution in [0.25, 0.3) is 0 Å². The van der Waals surface area contributed by atoms with Gasteiger partial charge in [-0.05, 0) is 126 Å². The quantitative estimate of drug-likeness (QED) is 0.0963. The molecule has 0 aromatic heterocycles. The minimum atomic E-state index is -0.715. The zero-order valence-corrected chi connectivity index (χ0v) is 53.6. The van der Waals surface area contributed by atoms with Gasteiger partial charge in [0.1, 0.15) is 60.2 Å². The fourth-order valence-corrected chi connectivity index (χ4v) is 15.7. The lowest BCUT2D eigenvalue weighted by atomic mass is 9.79. The molecule has 8 bridgehead atoms. The molecule has 12 rings (SSSR count).